The Morgan fingerprint density at radius 3 is 2.74 bits per heavy atom. The zero-order chi connectivity index (χ0) is 18.6. The fourth-order valence-corrected chi connectivity index (χ4v) is 3.48. The average Bonchev–Trinajstić information content (AvgIpc) is 3.29. The maximum Gasteiger partial charge on any atom is 0.231 e. The molecule has 0 saturated carbocycles. The standard InChI is InChI=1S/C21H22N2O4/c24-20-11-17(21(25)22-9-8-15-4-2-1-3-5-15)13-23(20)12-16-6-7-18-19(10-16)27-14-26-18/h1-7,10,17H,8-9,11-14H2,(H,22,25). The van der Waals surface area contributed by atoms with Crippen LogP contribution in [0.3, 0.4) is 0 Å². The number of nitrogens with zero attached hydrogens (tertiary/aromatic N) is 1. The molecular weight excluding hydrogens is 344 g/mol. The van der Waals surface area contributed by atoms with Gasteiger partial charge in [0.15, 0.2) is 11.5 Å². The molecule has 0 spiro atoms. The second-order valence-electron chi connectivity index (χ2n) is 6.89. The van der Waals surface area contributed by atoms with E-state index in [4.69, 9.17) is 9.47 Å². The molecule has 0 aliphatic carbocycles. The number of fused-ring (bicyclic) bond motifs is 1. The molecule has 1 fully saturated rings. The van der Waals surface area contributed by atoms with Crippen molar-refractivity contribution in [3.05, 3.63) is 59.7 Å². The summed E-state index contributed by atoms with van der Waals surface area (Å²) in [6, 6.07) is 15.7. The van der Waals surface area contributed by atoms with Crippen molar-refractivity contribution < 1.29 is 19.1 Å². The Bertz CT molecular complexity index is 837. The van der Waals surface area contributed by atoms with Crippen LogP contribution in [0, 0.1) is 5.92 Å². The Kier molecular flexibility index (Phi) is 4.96. The average molecular weight is 366 g/mol. The van der Waals surface area contributed by atoms with Crippen molar-refractivity contribution in [2.24, 2.45) is 5.92 Å². The van der Waals surface area contributed by atoms with Gasteiger partial charge in [0.05, 0.1) is 5.92 Å². The van der Waals surface area contributed by atoms with Crippen molar-refractivity contribution in [3.8, 4) is 11.5 Å². The number of hydrogen-bond acceptors (Lipinski definition) is 4. The molecule has 6 nitrogen and oxygen atoms in total. The predicted molar refractivity (Wildman–Crippen MR) is 99.2 cm³/mol. The van der Waals surface area contributed by atoms with E-state index in [1.165, 1.54) is 5.56 Å². The molecule has 2 aliphatic heterocycles. The number of ether oxygens (including phenoxy) is 2. The van der Waals surface area contributed by atoms with E-state index in [0.717, 1.165) is 17.7 Å². The highest BCUT2D eigenvalue weighted by molar-refractivity contribution is 5.89. The van der Waals surface area contributed by atoms with Crippen molar-refractivity contribution in [1.82, 2.24) is 10.2 Å². The minimum absolute atomic E-state index is 0.0101. The van der Waals surface area contributed by atoms with Crippen LogP contribution < -0.4 is 14.8 Å². The van der Waals surface area contributed by atoms with Gasteiger partial charge in [-0.15, -0.1) is 0 Å². The van der Waals surface area contributed by atoms with E-state index in [-0.39, 0.29) is 30.9 Å². The van der Waals surface area contributed by atoms with Gasteiger partial charge in [0.25, 0.3) is 0 Å². The maximum atomic E-state index is 12.4. The predicted octanol–water partition coefficient (Wildman–Crippen LogP) is 2.12. The Morgan fingerprint density at radius 1 is 1.07 bits per heavy atom. The second kappa shape index (κ2) is 7.70. The van der Waals surface area contributed by atoms with E-state index >= 15 is 0 Å². The minimum atomic E-state index is -0.290. The quantitative estimate of drug-likeness (QED) is 0.850. The van der Waals surface area contributed by atoms with Crippen LogP contribution in [0.25, 0.3) is 0 Å². The molecular formula is C21H22N2O4. The number of likely N-dealkylation sites (tertiary alicyclic amines) is 1. The summed E-state index contributed by atoms with van der Waals surface area (Å²) >= 11 is 0. The van der Waals surface area contributed by atoms with E-state index in [0.29, 0.717) is 25.4 Å². The first-order chi connectivity index (χ1) is 13.2. The number of carbonyl (C=O) groups excluding carboxylic acids is 2. The summed E-state index contributed by atoms with van der Waals surface area (Å²) in [5, 5.41) is 2.96. The zero-order valence-electron chi connectivity index (χ0n) is 15.0. The minimum Gasteiger partial charge on any atom is -0.454 e. The van der Waals surface area contributed by atoms with Gasteiger partial charge in [-0.1, -0.05) is 36.4 Å². The number of hydrogen-bond donors (Lipinski definition) is 1. The Hall–Kier alpha value is -3.02. The molecule has 1 unspecified atom stereocenters. The van der Waals surface area contributed by atoms with E-state index in [1.54, 1.807) is 4.90 Å². The van der Waals surface area contributed by atoms with Crippen LogP contribution >= 0.6 is 0 Å². The van der Waals surface area contributed by atoms with Gasteiger partial charge in [0.1, 0.15) is 0 Å². The van der Waals surface area contributed by atoms with Crippen molar-refractivity contribution in [3.63, 3.8) is 0 Å². The van der Waals surface area contributed by atoms with Crippen molar-refractivity contribution in [2.45, 2.75) is 19.4 Å². The highest BCUT2D eigenvalue weighted by atomic mass is 16.7. The first-order valence-corrected chi connectivity index (χ1v) is 9.17. The molecule has 2 aromatic carbocycles. The summed E-state index contributed by atoms with van der Waals surface area (Å²) in [6.07, 6.45) is 1.05. The molecule has 0 aromatic heterocycles. The topological polar surface area (TPSA) is 67.9 Å². The first kappa shape index (κ1) is 17.4. The number of rotatable bonds is 6. The lowest BCUT2D eigenvalue weighted by molar-refractivity contribution is -0.129. The van der Waals surface area contributed by atoms with Gasteiger partial charge in [-0.05, 0) is 29.7 Å². The monoisotopic (exact) mass is 366 g/mol. The highest BCUT2D eigenvalue weighted by Gasteiger charge is 2.34. The molecule has 4 rings (SSSR count). The van der Waals surface area contributed by atoms with E-state index in [1.807, 2.05) is 48.5 Å². The molecule has 1 saturated heterocycles. The SMILES string of the molecule is O=C(NCCc1ccccc1)C1CC(=O)N(Cc2ccc3c(c2)OCO3)C1. The number of carbonyl (C=O) groups is 2. The van der Waals surface area contributed by atoms with Crippen molar-refractivity contribution in [1.29, 1.82) is 0 Å². The van der Waals surface area contributed by atoms with E-state index < -0.39 is 0 Å². The van der Waals surface area contributed by atoms with Crippen LogP contribution in [0.4, 0.5) is 0 Å². The normalized spacial score (nSPS) is 18.0. The smallest absolute Gasteiger partial charge is 0.231 e. The third-order valence-corrected chi connectivity index (χ3v) is 4.95. The van der Waals surface area contributed by atoms with Crippen LogP contribution in [0.15, 0.2) is 48.5 Å². The molecule has 27 heavy (non-hydrogen) atoms. The zero-order valence-corrected chi connectivity index (χ0v) is 15.0. The van der Waals surface area contributed by atoms with Crippen molar-refractivity contribution in [2.75, 3.05) is 19.9 Å². The molecule has 2 heterocycles. The van der Waals surface area contributed by atoms with Gasteiger partial charge < -0.3 is 19.7 Å². The van der Waals surface area contributed by atoms with Gasteiger partial charge in [-0.2, -0.15) is 0 Å². The van der Waals surface area contributed by atoms with Gasteiger partial charge >= 0.3 is 0 Å². The van der Waals surface area contributed by atoms with Gasteiger partial charge in [-0.3, -0.25) is 9.59 Å². The largest absolute Gasteiger partial charge is 0.454 e. The summed E-state index contributed by atoms with van der Waals surface area (Å²) in [7, 11) is 0. The van der Waals surface area contributed by atoms with Crippen LogP contribution in [-0.2, 0) is 22.6 Å². The summed E-state index contributed by atoms with van der Waals surface area (Å²) in [5.41, 5.74) is 2.16. The highest BCUT2D eigenvalue weighted by Crippen LogP contribution is 2.33. The summed E-state index contributed by atoms with van der Waals surface area (Å²) in [6.45, 7) is 1.73. The number of amides is 2. The molecule has 1 atom stereocenters. The molecule has 0 bridgehead atoms. The van der Waals surface area contributed by atoms with Crippen LogP contribution in [0.1, 0.15) is 17.5 Å². The fourth-order valence-electron chi connectivity index (χ4n) is 3.48. The maximum absolute atomic E-state index is 12.4. The number of nitrogens with one attached hydrogen (secondary N) is 1. The third-order valence-electron chi connectivity index (χ3n) is 4.95. The van der Waals surface area contributed by atoms with Crippen LogP contribution in [0.2, 0.25) is 0 Å². The molecule has 2 aliphatic rings. The molecule has 2 aromatic rings. The lowest BCUT2D eigenvalue weighted by Crippen LogP contribution is -2.34. The van der Waals surface area contributed by atoms with E-state index in [9.17, 15) is 9.59 Å². The summed E-state index contributed by atoms with van der Waals surface area (Å²) in [4.78, 5) is 26.5. The number of benzene rings is 2. The fraction of sp³-hybridized carbons (Fsp3) is 0.333. The molecule has 140 valence electrons. The Morgan fingerprint density at radius 2 is 1.89 bits per heavy atom. The summed E-state index contributed by atoms with van der Waals surface area (Å²) in [5.74, 6) is 1.10. The first-order valence-electron chi connectivity index (χ1n) is 9.17. The second-order valence-corrected chi connectivity index (χ2v) is 6.89. The van der Waals surface area contributed by atoms with Gasteiger partial charge in [0, 0.05) is 26.1 Å². The lowest BCUT2D eigenvalue weighted by atomic mass is 10.1. The van der Waals surface area contributed by atoms with Crippen LogP contribution in [0.5, 0.6) is 11.5 Å². The molecule has 0 radical (unpaired) electrons. The summed E-state index contributed by atoms with van der Waals surface area (Å²) < 4.78 is 10.7. The lowest BCUT2D eigenvalue weighted by Gasteiger charge is -2.17. The van der Waals surface area contributed by atoms with Crippen molar-refractivity contribution >= 4 is 11.8 Å². The van der Waals surface area contributed by atoms with E-state index in [2.05, 4.69) is 5.32 Å². The molecule has 2 amide bonds. The Labute approximate surface area is 158 Å². The Balaban J connectivity index is 1.28. The van der Waals surface area contributed by atoms with Gasteiger partial charge in [-0.25, -0.2) is 0 Å². The molecule has 1 N–H and O–H groups in total. The van der Waals surface area contributed by atoms with Gasteiger partial charge in [0.2, 0.25) is 18.6 Å². The molecule has 6 heteroatoms. The van der Waals surface area contributed by atoms with Crippen LogP contribution in [-0.4, -0.2) is 36.6 Å². The third kappa shape index (κ3) is 4.05.